The summed E-state index contributed by atoms with van der Waals surface area (Å²) in [6, 6.07) is 7.19. The van der Waals surface area contributed by atoms with Crippen LogP contribution in [0.25, 0.3) is 10.9 Å². The molecule has 0 saturated carbocycles. The van der Waals surface area contributed by atoms with E-state index >= 15 is 0 Å². The number of nitrogens with zero attached hydrogens (tertiary/aromatic N) is 3. The average molecular weight is 517 g/mol. The lowest BCUT2D eigenvalue weighted by Gasteiger charge is -2.30. The summed E-state index contributed by atoms with van der Waals surface area (Å²) in [6.07, 6.45) is 6.71. The highest BCUT2D eigenvalue weighted by molar-refractivity contribution is 6.34. The number of carboxylic acids is 1. The van der Waals surface area contributed by atoms with Crippen LogP contribution in [-0.2, 0) is 0 Å². The maximum absolute atomic E-state index is 13.0. The zero-order valence-corrected chi connectivity index (χ0v) is 20.6. The number of fused-ring (bicyclic) bond motifs is 1. The second kappa shape index (κ2) is 10.0. The number of rotatable bonds is 6. The van der Waals surface area contributed by atoms with Crippen molar-refractivity contribution in [3.8, 4) is 5.88 Å². The topological polar surface area (TPSA) is 96.7 Å². The minimum Gasteiger partial charge on any atom is -0.477 e. The van der Waals surface area contributed by atoms with Crippen molar-refractivity contribution < 1.29 is 14.6 Å². The summed E-state index contributed by atoms with van der Waals surface area (Å²) in [6.45, 7) is 2.86. The van der Waals surface area contributed by atoms with Gasteiger partial charge in [-0.25, -0.2) is 9.78 Å². The first-order valence-corrected chi connectivity index (χ1v) is 12.5. The molecule has 184 valence electrons. The predicted octanol–water partition coefficient (Wildman–Crippen LogP) is 4.37. The molecule has 1 aromatic carbocycles. The first-order chi connectivity index (χ1) is 16.9. The summed E-state index contributed by atoms with van der Waals surface area (Å²) < 4.78 is 7.88. The van der Waals surface area contributed by atoms with Gasteiger partial charge >= 0.3 is 5.97 Å². The summed E-state index contributed by atoms with van der Waals surface area (Å²) in [5.41, 5.74) is 0.755. The van der Waals surface area contributed by atoms with Gasteiger partial charge in [0.2, 0.25) is 11.3 Å². The zero-order valence-electron chi connectivity index (χ0n) is 19.0. The van der Waals surface area contributed by atoms with Crippen molar-refractivity contribution in [1.82, 2.24) is 14.9 Å². The standard InChI is InChI=1S/C25H26Cl2N4O4/c26-19-4-1-7-29-24(19)35-14-16-3-2-10-30(16)22-12-21-17(11-20(22)27)23(32)18(25(33)34)13-31(21)15-5-8-28-9-6-15/h1,4,7,11-13,15-16,28H,2-3,5-6,8-10,14H2,(H,33,34)/t16-/m1/s1. The highest BCUT2D eigenvalue weighted by atomic mass is 35.5. The third kappa shape index (κ3) is 4.70. The van der Waals surface area contributed by atoms with Gasteiger partial charge in [-0.2, -0.15) is 0 Å². The SMILES string of the molecule is O=C(O)c1cn(C2CCNCC2)c2cc(N3CCC[C@@H]3COc3ncccc3Cl)c(Cl)cc2c1=O. The number of anilines is 1. The number of carbonyl (C=O) groups is 1. The van der Waals surface area contributed by atoms with E-state index in [0.29, 0.717) is 33.4 Å². The first kappa shape index (κ1) is 23.9. The third-order valence-electron chi connectivity index (χ3n) is 6.86. The Balaban J connectivity index is 1.54. The van der Waals surface area contributed by atoms with E-state index in [4.69, 9.17) is 27.9 Å². The molecule has 35 heavy (non-hydrogen) atoms. The van der Waals surface area contributed by atoms with E-state index in [1.54, 1.807) is 24.4 Å². The molecule has 0 unspecified atom stereocenters. The second-order valence-electron chi connectivity index (χ2n) is 8.98. The molecule has 0 bridgehead atoms. The molecule has 0 aliphatic carbocycles. The Hall–Kier alpha value is -2.81. The maximum atomic E-state index is 13.0. The van der Waals surface area contributed by atoms with Gasteiger partial charge in [0.25, 0.3) is 0 Å². The highest BCUT2D eigenvalue weighted by Gasteiger charge is 2.29. The van der Waals surface area contributed by atoms with Gasteiger partial charge in [-0.05, 0) is 63.0 Å². The van der Waals surface area contributed by atoms with Gasteiger partial charge in [-0.3, -0.25) is 4.79 Å². The van der Waals surface area contributed by atoms with Crippen LogP contribution >= 0.6 is 23.2 Å². The number of benzene rings is 1. The van der Waals surface area contributed by atoms with Crippen molar-refractivity contribution >= 4 is 45.8 Å². The molecule has 3 aromatic rings. The summed E-state index contributed by atoms with van der Waals surface area (Å²) in [7, 11) is 0. The lowest BCUT2D eigenvalue weighted by molar-refractivity contribution is 0.0694. The molecule has 2 aromatic heterocycles. The fourth-order valence-electron chi connectivity index (χ4n) is 5.10. The highest BCUT2D eigenvalue weighted by Crippen LogP contribution is 2.36. The van der Waals surface area contributed by atoms with Crippen LogP contribution < -0.4 is 20.4 Å². The predicted molar refractivity (Wildman–Crippen MR) is 136 cm³/mol. The number of aromatic nitrogens is 2. The van der Waals surface area contributed by atoms with Crippen molar-refractivity contribution in [2.24, 2.45) is 0 Å². The van der Waals surface area contributed by atoms with Crippen molar-refractivity contribution in [3.05, 3.63) is 62.5 Å². The molecule has 10 heteroatoms. The van der Waals surface area contributed by atoms with Crippen LogP contribution in [0.5, 0.6) is 5.88 Å². The Kier molecular flexibility index (Phi) is 6.86. The number of ether oxygens (including phenoxy) is 1. The summed E-state index contributed by atoms with van der Waals surface area (Å²) >= 11 is 12.9. The molecule has 2 aliphatic heterocycles. The molecule has 1 atom stereocenters. The lowest BCUT2D eigenvalue weighted by atomic mass is 10.0. The summed E-state index contributed by atoms with van der Waals surface area (Å²) in [4.78, 5) is 31.2. The molecular weight excluding hydrogens is 491 g/mol. The number of hydrogen-bond donors (Lipinski definition) is 2. The van der Waals surface area contributed by atoms with E-state index in [1.165, 1.54) is 6.20 Å². The Morgan fingerprint density at radius 1 is 1.20 bits per heavy atom. The van der Waals surface area contributed by atoms with Crippen molar-refractivity contribution in [1.29, 1.82) is 0 Å². The van der Waals surface area contributed by atoms with Gasteiger partial charge in [-0.1, -0.05) is 23.2 Å². The Labute approximate surface area is 212 Å². The average Bonchev–Trinajstić information content (AvgIpc) is 3.32. The molecule has 2 N–H and O–H groups in total. The second-order valence-corrected chi connectivity index (χ2v) is 9.79. The monoisotopic (exact) mass is 516 g/mol. The molecule has 2 aliphatic rings. The number of pyridine rings is 2. The van der Waals surface area contributed by atoms with Crippen molar-refractivity contribution in [3.63, 3.8) is 0 Å². The van der Waals surface area contributed by atoms with Crippen LogP contribution in [0.3, 0.4) is 0 Å². The first-order valence-electron chi connectivity index (χ1n) is 11.8. The number of hydrogen-bond acceptors (Lipinski definition) is 6. The smallest absolute Gasteiger partial charge is 0.341 e. The number of aromatic carboxylic acids is 1. The van der Waals surface area contributed by atoms with E-state index in [1.807, 2.05) is 10.6 Å². The van der Waals surface area contributed by atoms with Crippen molar-refractivity contribution in [2.75, 3.05) is 31.1 Å². The molecule has 5 rings (SSSR count). The van der Waals surface area contributed by atoms with Gasteiger partial charge in [0.1, 0.15) is 17.2 Å². The molecule has 4 heterocycles. The molecule has 2 saturated heterocycles. The Morgan fingerprint density at radius 2 is 2.00 bits per heavy atom. The number of carboxylic acid groups (broad SMARTS) is 1. The Morgan fingerprint density at radius 3 is 2.74 bits per heavy atom. The van der Waals surface area contributed by atoms with Gasteiger partial charge in [0.05, 0.1) is 22.3 Å². The van der Waals surface area contributed by atoms with Crippen LogP contribution in [-0.4, -0.2) is 52.9 Å². The van der Waals surface area contributed by atoms with Crippen LogP contribution in [0.4, 0.5) is 5.69 Å². The molecule has 0 spiro atoms. The van der Waals surface area contributed by atoms with Crippen LogP contribution in [0.1, 0.15) is 42.1 Å². The molecular formula is C25H26Cl2N4O4. The normalized spacial score (nSPS) is 18.8. The number of halogens is 2. The fourth-order valence-corrected chi connectivity index (χ4v) is 5.55. The quantitative estimate of drug-likeness (QED) is 0.501. The Bertz CT molecular complexity index is 1320. The van der Waals surface area contributed by atoms with E-state index in [-0.39, 0.29) is 17.6 Å². The molecule has 0 radical (unpaired) electrons. The maximum Gasteiger partial charge on any atom is 0.341 e. The van der Waals surface area contributed by atoms with Crippen LogP contribution in [0.15, 0.2) is 41.5 Å². The largest absolute Gasteiger partial charge is 0.477 e. The molecule has 8 nitrogen and oxygen atoms in total. The van der Waals surface area contributed by atoms with E-state index in [9.17, 15) is 14.7 Å². The van der Waals surface area contributed by atoms with E-state index in [0.717, 1.165) is 51.0 Å². The minimum absolute atomic E-state index is 0.0559. The minimum atomic E-state index is -1.23. The fraction of sp³-hybridized carbons (Fsp3) is 0.400. The van der Waals surface area contributed by atoms with Crippen LogP contribution in [0, 0.1) is 0 Å². The van der Waals surface area contributed by atoms with Crippen LogP contribution in [0.2, 0.25) is 10.0 Å². The zero-order chi connectivity index (χ0) is 24.5. The number of piperidine rings is 1. The third-order valence-corrected chi connectivity index (χ3v) is 7.45. The van der Waals surface area contributed by atoms with Gasteiger partial charge in [0.15, 0.2) is 0 Å². The van der Waals surface area contributed by atoms with Gasteiger partial charge in [0, 0.05) is 30.4 Å². The van der Waals surface area contributed by atoms with E-state index < -0.39 is 11.4 Å². The molecule has 2 fully saturated rings. The summed E-state index contributed by atoms with van der Waals surface area (Å²) in [5.74, 6) is -0.837. The van der Waals surface area contributed by atoms with E-state index in [2.05, 4.69) is 15.2 Å². The van der Waals surface area contributed by atoms with Gasteiger partial charge in [-0.15, -0.1) is 0 Å². The van der Waals surface area contributed by atoms with Gasteiger partial charge < -0.3 is 24.6 Å². The van der Waals surface area contributed by atoms with Crippen molar-refractivity contribution in [2.45, 2.75) is 37.8 Å². The lowest BCUT2D eigenvalue weighted by Crippen LogP contribution is -2.35. The molecule has 0 amide bonds. The number of nitrogens with one attached hydrogen (secondary N) is 1. The summed E-state index contributed by atoms with van der Waals surface area (Å²) in [5, 5.41) is 14.2.